The van der Waals surface area contributed by atoms with E-state index < -0.39 is 17.2 Å². The van der Waals surface area contributed by atoms with Crippen molar-refractivity contribution in [3.05, 3.63) is 0 Å². The molecule has 0 rings (SSSR count). The third kappa shape index (κ3) is 7.23. The molecular formula is C11H20O5S. The van der Waals surface area contributed by atoms with Crippen LogP contribution >= 0.6 is 11.8 Å². The van der Waals surface area contributed by atoms with Crippen LogP contribution < -0.4 is 0 Å². The predicted molar refractivity (Wildman–Crippen MR) is 65.8 cm³/mol. The molecule has 0 spiro atoms. The van der Waals surface area contributed by atoms with E-state index in [1.54, 1.807) is 20.8 Å². The number of methoxy groups -OCH3 is 1. The van der Waals surface area contributed by atoms with Crippen LogP contribution in [0.5, 0.6) is 0 Å². The molecule has 6 heteroatoms. The van der Waals surface area contributed by atoms with E-state index in [2.05, 4.69) is 4.74 Å². The van der Waals surface area contributed by atoms with Crippen molar-refractivity contribution in [3.63, 3.8) is 0 Å². The van der Waals surface area contributed by atoms with E-state index in [4.69, 9.17) is 4.74 Å². The lowest BCUT2D eigenvalue weighted by Gasteiger charge is -2.21. The fourth-order valence-electron chi connectivity index (χ4n) is 0.983. The molecule has 0 aromatic heterocycles. The van der Waals surface area contributed by atoms with Gasteiger partial charge in [0.2, 0.25) is 0 Å². The summed E-state index contributed by atoms with van der Waals surface area (Å²) >= 11 is 1.13. The molecule has 5 nitrogen and oxygen atoms in total. The number of hydrogen-bond acceptors (Lipinski definition) is 6. The lowest BCUT2D eigenvalue weighted by molar-refractivity contribution is -0.158. The van der Waals surface area contributed by atoms with Crippen LogP contribution in [-0.2, 0) is 19.1 Å². The summed E-state index contributed by atoms with van der Waals surface area (Å²) in [4.78, 5) is 22.5. The maximum Gasteiger partial charge on any atom is 0.338 e. The maximum absolute atomic E-state index is 11.3. The Hall–Kier alpha value is -0.750. The third-order valence-corrected chi connectivity index (χ3v) is 2.85. The highest BCUT2D eigenvalue weighted by Gasteiger charge is 2.31. The van der Waals surface area contributed by atoms with Gasteiger partial charge in [0, 0.05) is 5.75 Å². The van der Waals surface area contributed by atoms with Crippen LogP contribution in [0.4, 0.5) is 0 Å². The van der Waals surface area contributed by atoms with Gasteiger partial charge in [0.15, 0.2) is 5.60 Å². The Balaban J connectivity index is 4.00. The number of ether oxygens (including phenoxy) is 2. The quantitative estimate of drug-likeness (QED) is 0.746. The summed E-state index contributed by atoms with van der Waals surface area (Å²) in [5.41, 5.74) is -2.11. The molecule has 1 N–H and O–H groups in total. The lowest BCUT2D eigenvalue weighted by Crippen LogP contribution is -2.39. The van der Waals surface area contributed by atoms with Crippen molar-refractivity contribution in [2.75, 3.05) is 18.6 Å². The first-order valence-corrected chi connectivity index (χ1v) is 6.34. The van der Waals surface area contributed by atoms with Gasteiger partial charge >= 0.3 is 11.9 Å². The Kier molecular flexibility index (Phi) is 5.98. The second-order valence-electron chi connectivity index (χ2n) is 4.84. The molecule has 0 amide bonds. The van der Waals surface area contributed by atoms with E-state index in [1.165, 1.54) is 14.0 Å². The van der Waals surface area contributed by atoms with Crippen molar-refractivity contribution >= 4 is 23.7 Å². The lowest BCUT2D eigenvalue weighted by atomic mass is 10.1. The predicted octanol–water partition coefficient (Wildman–Crippen LogP) is 0.985. The Morgan fingerprint density at radius 1 is 1.24 bits per heavy atom. The van der Waals surface area contributed by atoms with Gasteiger partial charge in [0.1, 0.15) is 5.60 Å². The molecule has 1 unspecified atom stereocenters. The van der Waals surface area contributed by atoms with Gasteiger partial charge in [-0.3, -0.25) is 4.79 Å². The number of thioether (sulfide) groups is 1. The number of carbonyl (C=O) groups excluding carboxylic acids is 2. The summed E-state index contributed by atoms with van der Waals surface area (Å²) in [7, 11) is 1.20. The molecule has 0 fully saturated rings. The molecular weight excluding hydrogens is 244 g/mol. The Labute approximate surface area is 106 Å². The summed E-state index contributed by atoms with van der Waals surface area (Å²) < 4.78 is 9.52. The van der Waals surface area contributed by atoms with Gasteiger partial charge in [-0.2, -0.15) is 0 Å². The van der Waals surface area contributed by atoms with Gasteiger partial charge in [-0.1, -0.05) is 0 Å². The molecule has 1 atom stereocenters. The molecule has 0 aliphatic heterocycles. The smallest absolute Gasteiger partial charge is 0.338 e. The molecule has 0 heterocycles. The largest absolute Gasteiger partial charge is 0.467 e. The second-order valence-corrected chi connectivity index (χ2v) is 5.83. The zero-order chi connectivity index (χ0) is 13.7. The first-order valence-electron chi connectivity index (χ1n) is 5.19. The molecule has 100 valence electrons. The second kappa shape index (κ2) is 6.26. The first-order chi connectivity index (χ1) is 7.58. The van der Waals surface area contributed by atoms with E-state index in [0.717, 1.165) is 11.8 Å². The fourth-order valence-corrected chi connectivity index (χ4v) is 1.83. The van der Waals surface area contributed by atoms with E-state index in [-0.39, 0.29) is 17.5 Å². The zero-order valence-electron chi connectivity index (χ0n) is 10.9. The SMILES string of the molecule is COC(=O)C(C)(O)CSCC(=O)OC(C)(C)C. The van der Waals surface area contributed by atoms with E-state index in [9.17, 15) is 14.7 Å². The van der Waals surface area contributed by atoms with Crippen molar-refractivity contribution in [1.29, 1.82) is 0 Å². The van der Waals surface area contributed by atoms with Gasteiger partial charge in [-0.05, 0) is 27.7 Å². The van der Waals surface area contributed by atoms with E-state index in [0.29, 0.717) is 0 Å². The van der Waals surface area contributed by atoms with Crippen molar-refractivity contribution in [3.8, 4) is 0 Å². The summed E-state index contributed by atoms with van der Waals surface area (Å²) in [5.74, 6) is -0.916. The average Bonchev–Trinajstić information content (AvgIpc) is 2.13. The highest BCUT2D eigenvalue weighted by molar-refractivity contribution is 8.00. The van der Waals surface area contributed by atoms with Crippen LogP contribution in [-0.4, -0.2) is 46.9 Å². The van der Waals surface area contributed by atoms with Gasteiger partial charge in [0.25, 0.3) is 0 Å². The molecule has 0 bridgehead atoms. The minimum atomic E-state index is -1.58. The van der Waals surface area contributed by atoms with Crippen LogP contribution in [0.2, 0.25) is 0 Å². The van der Waals surface area contributed by atoms with Crippen LogP contribution in [0.1, 0.15) is 27.7 Å². The number of hydrogen-bond donors (Lipinski definition) is 1. The van der Waals surface area contributed by atoms with Crippen LogP contribution in [0.25, 0.3) is 0 Å². The fraction of sp³-hybridized carbons (Fsp3) is 0.818. The van der Waals surface area contributed by atoms with Gasteiger partial charge in [-0.25, -0.2) is 4.79 Å². The minimum absolute atomic E-state index is 0.0823. The zero-order valence-corrected chi connectivity index (χ0v) is 11.7. The molecule has 0 radical (unpaired) electrons. The number of aliphatic hydroxyl groups is 1. The van der Waals surface area contributed by atoms with Crippen molar-refractivity contribution in [2.45, 2.75) is 38.9 Å². The minimum Gasteiger partial charge on any atom is -0.467 e. The Morgan fingerprint density at radius 2 is 1.76 bits per heavy atom. The summed E-state index contributed by atoms with van der Waals surface area (Å²) in [6.45, 7) is 6.68. The summed E-state index contributed by atoms with van der Waals surface area (Å²) in [5, 5.41) is 9.68. The monoisotopic (exact) mass is 264 g/mol. The third-order valence-electron chi connectivity index (χ3n) is 1.65. The number of esters is 2. The number of rotatable bonds is 5. The molecule has 0 aromatic carbocycles. The molecule has 0 saturated heterocycles. The van der Waals surface area contributed by atoms with Gasteiger partial charge in [0.05, 0.1) is 12.9 Å². The van der Waals surface area contributed by atoms with Crippen LogP contribution in [0.15, 0.2) is 0 Å². The standard InChI is InChI=1S/C11H20O5S/c1-10(2,3)16-8(12)6-17-7-11(4,14)9(13)15-5/h14H,6-7H2,1-5H3. The highest BCUT2D eigenvalue weighted by Crippen LogP contribution is 2.16. The molecule has 0 aromatic rings. The van der Waals surface area contributed by atoms with Gasteiger partial charge in [-0.15, -0.1) is 11.8 Å². The summed E-state index contributed by atoms with van der Waals surface area (Å²) in [6, 6.07) is 0. The van der Waals surface area contributed by atoms with Crippen molar-refractivity contribution < 1.29 is 24.2 Å². The van der Waals surface area contributed by atoms with Crippen LogP contribution in [0, 0.1) is 0 Å². The Bertz CT molecular complexity index is 280. The van der Waals surface area contributed by atoms with Crippen LogP contribution in [0.3, 0.4) is 0 Å². The molecule has 0 aliphatic carbocycles. The molecule has 0 aliphatic rings. The maximum atomic E-state index is 11.3. The van der Waals surface area contributed by atoms with Crippen molar-refractivity contribution in [1.82, 2.24) is 0 Å². The molecule has 0 saturated carbocycles. The van der Waals surface area contributed by atoms with Gasteiger partial charge < -0.3 is 14.6 Å². The highest BCUT2D eigenvalue weighted by atomic mass is 32.2. The van der Waals surface area contributed by atoms with Crippen molar-refractivity contribution in [2.24, 2.45) is 0 Å². The topological polar surface area (TPSA) is 72.8 Å². The first kappa shape index (κ1) is 16.2. The molecule has 17 heavy (non-hydrogen) atoms. The number of carbonyl (C=O) groups is 2. The Morgan fingerprint density at radius 3 is 2.18 bits per heavy atom. The normalized spacial score (nSPS) is 14.9. The van der Waals surface area contributed by atoms with E-state index >= 15 is 0 Å². The summed E-state index contributed by atoms with van der Waals surface area (Å²) in [6.07, 6.45) is 0. The van der Waals surface area contributed by atoms with E-state index in [1.807, 2.05) is 0 Å². The average molecular weight is 264 g/mol.